The summed E-state index contributed by atoms with van der Waals surface area (Å²) >= 11 is 1.71. The first-order valence-corrected chi connectivity index (χ1v) is 10.3. The third-order valence-electron chi connectivity index (χ3n) is 4.56. The van der Waals surface area contributed by atoms with E-state index in [4.69, 9.17) is 4.74 Å². The lowest BCUT2D eigenvalue weighted by molar-refractivity contribution is -0.908. The van der Waals surface area contributed by atoms with Crippen molar-refractivity contribution < 1.29 is 14.4 Å². The van der Waals surface area contributed by atoms with Crippen LogP contribution in [0.1, 0.15) is 22.3 Å². The van der Waals surface area contributed by atoms with Gasteiger partial charge in [0.1, 0.15) is 13.1 Å². The van der Waals surface area contributed by atoms with Crippen molar-refractivity contribution in [2.75, 3.05) is 39.4 Å². The molecule has 0 saturated carbocycles. The molecule has 0 radical (unpaired) electrons. The molecule has 1 aliphatic heterocycles. The zero-order valence-corrected chi connectivity index (χ0v) is 15.9. The second kappa shape index (κ2) is 10.4. The maximum absolute atomic E-state index is 12.6. The maximum atomic E-state index is 12.6. The maximum Gasteiger partial charge on any atom is 0.252 e. The molecule has 5 heteroatoms. The normalized spacial score (nSPS) is 14.9. The molecule has 1 heterocycles. The smallest absolute Gasteiger partial charge is 0.252 e. The van der Waals surface area contributed by atoms with Gasteiger partial charge >= 0.3 is 0 Å². The van der Waals surface area contributed by atoms with Gasteiger partial charge in [0.15, 0.2) is 0 Å². The van der Waals surface area contributed by atoms with Crippen molar-refractivity contribution >= 4 is 17.7 Å². The van der Waals surface area contributed by atoms with E-state index in [1.165, 1.54) is 5.56 Å². The minimum absolute atomic E-state index is 0.0261. The van der Waals surface area contributed by atoms with Crippen LogP contribution in [0, 0.1) is 0 Å². The van der Waals surface area contributed by atoms with E-state index in [2.05, 4.69) is 17.4 Å². The Morgan fingerprint density at radius 2 is 1.77 bits per heavy atom. The molecule has 0 spiro atoms. The topological polar surface area (TPSA) is 42.8 Å². The van der Waals surface area contributed by atoms with E-state index in [9.17, 15) is 4.79 Å². The van der Waals surface area contributed by atoms with Crippen LogP contribution in [0.4, 0.5) is 0 Å². The van der Waals surface area contributed by atoms with Crippen molar-refractivity contribution in [1.29, 1.82) is 0 Å². The number of carbonyl (C=O) groups is 1. The van der Waals surface area contributed by atoms with Gasteiger partial charge in [0.25, 0.3) is 5.91 Å². The van der Waals surface area contributed by atoms with Gasteiger partial charge in [-0.3, -0.25) is 4.79 Å². The van der Waals surface area contributed by atoms with Crippen molar-refractivity contribution in [3.63, 3.8) is 0 Å². The van der Waals surface area contributed by atoms with Crippen molar-refractivity contribution in [2.24, 2.45) is 0 Å². The molecule has 0 atom stereocenters. The molecular formula is C21H27N2O2S+. The first-order valence-electron chi connectivity index (χ1n) is 9.28. The van der Waals surface area contributed by atoms with Crippen LogP contribution in [0.5, 0.6) is 0 Å². The number of carbonyl (C=O) groups excluding carboxylic acids is 1. The van der Waals surface area contributed by atoms with Gasteiger partial charge in [-0.25, -0.2) is 0 Å². The highest BCUT2D eigenvalue weighted by Crippen LogP contribution is 2.26. The zero-order chi connectivity index (χ0) is 18.0. The number of morpholine rings is 1. The molecule has 0 aromatic heterocycles. The average molecular weight is 372 g/mol. The Bertz CT molecular complexity index is 687. The molecule has 1 saturated heterocycles. The van der Waals surface area contributed by atoms with Gasteiger partial charge in [0.05, 0.1) is 25.3 Å². The Morgan fingerprint density at radius 3 is 2.58 bits per heavy atom. The number of hydrogen-bond donors (Lipinski definition) is 2. The minimum Gasteiger partial charge on any atom is -0.370 e. The van der Waals surface area contributed by atoms with E-state index in [1.54, 1.807) is 16.7 Å². The SMILES string of the molecule is O=C(NCCC[NH+]1CCOCC1)c1ccccc1SCc1ccccc1. The molecule has 2 N–H and O–H groups in total. The Balaban J connectivity index is 1.47. The summed E-state index contributed by atoms with van der Waals surface area (Å²) in [4.78, 5) is 15.2. The number of thioether (sulfide) groups is 1. The lowest BCUT2D eigenvalue weighted by Gasteiger charge is -2.23. The van der Waals surface area contributed by atoms with Gasteiger partial charge in [0.2, 0.25) is 0 Å². The molecule has 1 aliphatic rings. The number of hydrogen-bond acceptors (Lipinski definition) is 3. The fraction of sp³-hybridized carbons (Fsp3) is 0.381. The minimum atomic E-state index is 0.0261. The van der Waals surface area contributed by atoms with Crippen molar-refractivity contribution in [3.05, 3.63) is 65.7 Å². The van der Waals surface area contributed by atoms with E-state index in [1.807, 2.05) is 42.5 Å². The highest BCUT2D eigenvalue weighted by molar-refractivity contribution is 7.98. The molecule has 4 nitrogen and oxygen atoms in total. The number of benzene rings is 2. The van der Waals surface area contributed by atoms with Crippen molar-refractivity contribution in [2.45, 2.75) is 17.1 Å². The number of amides is 1. The van der Waals surface area contributed by atoms with Crippen LogP contribution in [0.15, 0.2) is 59.5 Å². The summed E-state index contributed by atoms with van der Waals surface area (Å²) in [7, 11) is 0. The van der Waals surface area contributed by atoms with Crippen LogP contribution in [-0.2, 0) is 10.5 Å². The molecule has 2 aromatic carbocycles. The highest BCUT2D eigenvalue weighted by Gasteiger charge is 2.14. The second-order valence-electron chi connectivity index (χ2n) is 6.49. The van der Waals surface area contributed by atoms with Crippen LogP contribution < -0.4 is 10.2 Å². The first-order chi connectivity index (χ1) is 12.8. The van der Waals surface area contributed by atoms with E-state index in [0.717, 1.165) is 62.0 Å². The quantitative estimate of drug-likeness (QED) is 0.551. The van der Waals surface area contributed by atoms with Gasteiger partial charge in [-0.2, -0.15) is 0 Å². The molecule has 0 aliphatic carbocycles. The van der Waals surface area contributed by atoms with Crippen molar-refractivity contribution in [1.82, 2.24) is 5.32 Å². The predicted molar refractivity (Wildman–Crippen MR) is 106 cm³/mol. The summed E-state index contributed by atoms with van der Waals surface area (Å²) in [6, 6.07) is 18.2. The Kier molecular flexibility index (Phi) is 7.55. The number of rotatable bonds is 8. The molecule has 138 valence electrons. The third-order valence-corrected chi connectivity index (χ3v) is 5.71. The van der Waals surface area contributed by atoms with E-state index >= 15 is 0 Å². The monoisotopic (exact) mass is 371 g/mol. The standard InChI is InChI=1S/C21H26N2O2S/c24-21(22-11-6-12-23-13-15-25-16-14-23)19-9-4-5-10-20(19)26-17-18-7-2-1-3-8-18/h1-5,7-10H,6,11-17H2,(H,22,24)/p+1. The summed E-state index contributed by atoms with van der Waals surface area (Å²) in [6.07, 6.45) is 1.00. The van der Waals surface area contributed by atoms with Crippen LogP contribution in [-0.4, -0.2) is 45.3 Å². The number of quaternary nitrogens is 1. The number of ether oxygens (including phenoxy) is 1. The van der Waals surface area contributed by atoms with Gasteiger partial charge in [0, 0.05) is 23.6 Å². The van der Waals surface area contributed by atoms with Crippen molar-refractivity contribution in [3.8, 4) is 0 Å². The van der Waals surface area contributed by atoms with Crippen LogP contribution in [0.2, 0.25) is 0 Å². The Labute approximate surface area is 159 Å². The summed E-state index contributed by atoms with van der Waals surface area (Å²) in [5, 5.41) is 3.08. The first kappa shape index (κ1) is 19.0. The molecule has 0 bridgehead atoms. The molecule has 26 heavy (non-hydrogen) atoms. The lowest BCUT2D eigenvalue weighted by atomic mass is 10.2. The molecule has 0 unspecified atom stereocenters. The van der Waals surface area contributed by atoms with Crippen LogP contribution in [0.25, 0.3) is 0 Å². The number of nitrogens with one attached hydrogen (secondary N) is 2. The molecule has 2 aromatic rings. The Morgan fingerprint density at radius 1 is 1.04 bits per heavy atom. The fourth-order valence-corrected chi connectivity index (χ4v) is 4.07. The summed E-state index contributed by atoms with van der Waals surface area (Å²) < 4.78 is 5.38. The third kappa shape index (κ3) is 5.87. The van der Waals surface area contributed by atoms with E-state index < -0.39 is 0 Å². The molecule has 3 rings (SSSR count). The van der Waals surface area contributed by atoms with Crippen LogP contribution >= 0.6 is 11.8 Å². The van der Waals surface area contributed by atoms with Gasteiger partial charge < -0.3 is 15.0 Å². The fourth-order valence-electron chi connectivity index (χ4n) is 3.06. The lowest BCUT2D eigenvalue weighted by Crippen LogP contribution is -3.14. The molecule has 1 amide bonds. The molecule has 1 fully saturated rings. The average Bonchev–Trinajstić information content (AvgIpc) is 2.71. The van der Waals surface area contributed by atoms with Gasteiger partial charge in [-0.05, 0) is 17.7 Å². The Hall–Kier alpha value is -1.82. The summed E-state index contributed by atoms with van der Waals surface area (Å²) in [5.74, 6) is 0.893. The summed E-state index contributed by atoms with van der Waals surface area (Å²) in [5.41, 5.74) is 2.04. The predicted octanol–water partition coefficient (Wildman–Crippen LogP) is 2.01. The highest BCUT2D eigenvalue weighted by atomic mass is 32.2. The second-order valence-corrected chi connectivity index (χ2v) is 7.51. The van der Waals surface area contributed by atoms with Gasteiger partial charge in [-0.15, -0.1) is 11.8 Å². The largest absolute Gasteiger partial charge is 0.370 e. The van der Waals surface area contributed by atoms with E-state index in [-0.39, 0.29) is 5.91 Å². The van der Waals surface area contributed by atoms with E-state index in [0.29, 0.717) is 0 Å². The van der Waals surface area contributed by atoms with Crippen LogP contribution in [0.3, 0.4) is 0 Å². The molecular weight excluding hydrogens is 344 g/mol. The zero-order valence-electron chi connectivity index (χ0n) is 15.1. The van der Waals surface area contributed by atoms with Gasteiger partial charge in [-0.1, -0.05) is 42.5 Å². The summed E-state index contributed by atoms with van der Waals surface area (Å²) in [6.45, 7) is 5.68.